The van der Waals surface area contributed by atoms with Crippen LogP contribution in [0.5, 0.6) is 0 Å². The number of hydrogen-bond donors (Lipinski definition) is 0. The van der Waals surface area contributed by atoms with Gasteiger partial charge in [-0.05, 0) is 112 Å². The van der Waals surface area contributed by atoms with Crippen LogP contribution in [0.2, 0.25) is 0 Å². The van der Waals surface area contributed by atoms with Crippen molar-refractivity contribution in [3.8, 4) is 33.4 Å². The Balaban J connectivity index is 1.36. The third kappa shape index (κ3) is 3.44. The van der Waals surface area contributed by atoms with Crippen LogP contribution in [-0.4, -0.2) is 0 Å². The van der Waals surface area contributed by atoms with Gasteiger partial charge in [0.2, 0.25) is 0 Å². The Bertz CT molecular complexity index is 2410. The number of hydrogen-bond acceptors (Lipinski definition) is 0. The molecule has 9 rings (SSSR count). The standard InChI is InChI=1S/C43H30/c1-43(2)40-26-38-33-20-9-7-18-31(33)30-17-6-8-19-32(30)37(38)24-39(40)42-35-22-11-10-21-34(35)36(25-41(42)43)29-16-12-15-28(23-29)27-13-4-3-5-14-27/h3-26H,1-2H3. The van der Waals surface area contributed by atoms with E-state index in [-0.39, 0.29) is 5.41 Å². The average Bonchev–Trinajstić information content (AvgIpc) is 3.29. The van der Waals surface area contributed by atoms with E-state index in [9.17, 15) is 0 Å². The summed E-state index contributed by atoms with van der Waals surface area (Å²) in [6, 6.07) is 54.0. The molecule has 0 atom stereocenters. The van der Waals surface area contributed by atoms with Crippen molar-refractivity contribution in [2.45, 2.75) is 19.3 Å². The van der Waals surface area contributed by atoms with Crippen LogP contribution in [0.25, 0.3) is 76.5 Å². The van der Waals surface area contributed by atoms with Crippen molar-refractivity contribution in [2.24, 2.45) is 0 Å². The molecule has 0 heterocycles. The Morgan fingerprint density at radius 2 is 0.837 bits per heavy atom. The van der Waals surface area contributed by atoms with Crippen LogP contribution in [0.1, 0.15) is 25.0 Å². The van der Waals surface area contributed by atoms with Gasteiger partial charge in [0.15, 0.2) is 0 Å². The van der Waals surface area contributed by atoms with Gasteiger partial charge in [-0.3, -0.25) is 0 Å². The predicted molar refractivity (Wildman–Crippen MR) is 185 cm³/mol. The first kappa shape index (κ1) is 24.4. The van der Waals surface area contributed by atoms with Gasteiger partial charge in [0.1, 0.15) is 0 Å². The minimum atomic E-state index is -0.137. The molecule has 0 bridgehead atoms. The van der Waals surface area contributed by atoms with E-state index < -0.39 is 0 Å². The maximum absolute atomic E-state index is 2.50. The molecule has 8 aromatic carbocycles. The van der Waals surface area contributed by atoms with Crippen molar-refractivity contribution >= 4 is 43.1 Å². The van der Waals surface area contributed by atoms with Crippen molar-refractivity contribution in [2.75, 3.05) is 0 Å². The highest BCUT2D eigenvalue weighted by atomic mass is 14.4. The summed E-state index contributed by atoms with van der Waals surface area (Å²) >= 11 is 0. The third-order valence-corrected chi connectivity index (χ3v) is 9.82. The molecule has 0 saturated carbocycles. The highest BCUT2D eigenvalue weighted by molar-refractivity contribution is 6.26. The molecule has 0 spiro atoms. The lowest BCUT2D eigenvalue weighted by Crippen LogP contribution is -2.15. The average molecular weight is 547 g/mol. The quantitative estimate of drug-likeness (QED) is 0.189. The van der Waals surface area contributed by atoms with E-state index in [0.29, 0.717) is 0 Å². The van der Waals surface area contributed by atoms with E-state index in [4.69, 9.17) is 0 Å². The summed E-state index contributed by atoms with van der Waals surface area (Å²) < 4.78 is 0. The summed E-state index contributed by atoms with van der Waals surface area (Å²) in [5.74, 6) is 0. The minimum Gasteiger partial charge on any atom is -0.0622 e. The van der Waals surface area contributed by atoms with Gasteiger partial charge in [-0.1, -0.05) is 135 Å². The van der Waals surface area contributed by atoms with Crippen LogP contribution >= 0.6 is 0 Å². The van der Waals surface area contributed by atoms with Gasteiger partial charge in [0, 0.05) is 5.41 Å². The van der Waals surface area contributed by atoms with Crippen molar-refractivity contribution < 1.29 is 0 Å². The van der Waals surface area contributed by atoms with E-state index in [1.807, 2.05) is 0 Å². The maximum atomic E-state index is 2.50. The molecule has 8 aromatic rings. The van der Waals surface area contributed by atoms with Crippen molar-refractivity contribution in [1.29, 1.82) is 0 Å². The number of fused-ring (bicyclic) bond motifs is 11. The lowest BCUT2D eigenvalue weighted by molar-refractivity contribution is 0.662. The van der Waals surface area contributed by atoms with Crippen molar-refractivity contribution in [3.63, 3.8) is 0 Å². The van der Waals surface area contributed by atoms with E-state index in [1.165, 1.54) is 87.6 Å². The Labute approximate surface area is 251 Å². The molecule has 0 aromatic heterocycles. The zero-order chi connectivity index (χ0) is 28.7. The SMILES string of the molecule is CC1(C)c2cc3c4ccccc4c4ccccc4c3cc2-c2c1cc(-c1cccc(-c3ccccc3)c1)c1ccccc21. The van der Waals surface area contributed by atoms with Gasteiger partial charge in [0.25, 0.3) is 0 Å². The molecule has 0 fully saturated rings. The fourth-order valence-electron chi connectivity index (χ4n) is 7.71. The Kier molecular flexibility index (Phi) is 5.05. The van der Waals surface area contributed by atoms with Crippen LogP contribution in [0.3, 0.4) is 0 Å². The van der Waals surface area contributed by atoms with Gasteiger partial charge in [-0.15, -0.1) is 0 Å². The molecule has 43 heavy (non-hydrogen) atoms. The summed E-state index contributed by atoms with van der Waals surface area (Å²) in [6.45, 7) is 4.82. The minimum absolute atomic E-state index is 0.137. The zero-order valence-electron chi connectivity index (χ0n) is 24.4. The Hall–Kier alpha value is -5.20. The lowest BCUT2D eigenvalue weighted by Gasteiger charge is -2.23. The van der Waals surface area contributed by atoms with Crippen LogP contribution in [0, 0.1) is 0 Å². The normalized spacial score (nSPS) is 13.5. The fraction of sp³-hybridized carbons (Fsp3) is 0.0698. The van der Waals surface area contributed by atoms with Crippen LogP contribution in [0.15, 0.2) is 146 Å². The van der Waals surface area contributed by atoms with E-state index >= 15 is 0 Å². The van der Waals surface area contributed by atoms with E-state index in [0.717, 1.165) is 0 Å². The highest BCUT2D eigenvalue weighted by Crippen LogP contribution is 2.55. The van der Waals surface area contributed by atoms with E-state index in [1.54, 1.807) is 0 Å². The molecular weight excluding hydrogens is 516 g/mol. The van der Waals surface area contributed by atoms with Crippen LogP contribution in [0.4, 0.5) is 0 Å². The molecule has 0 amide bonds. The van der Waals surface area contributed by atoms with E-state index in [2.05, 4.69) is 159 Å². The fourth-order valence-corrected chi connectivity index (χ4v) is 7.71. The molecule has 202 valence electrons. The number of rotatable bonds is 2. The molecule has 0 heteroatoms. The molecule has 1 aliphatic carbocycles. The first-order valence-corrected chi connectivity index (χ1v) is 15.2. The van der Waals surface area contributed by atoms with Gasteiger partial charge < -0.3 is 0 Å². The maximum Gasteiger partial charge on any atom is 0.0159 e. The second-order valence-corrected chi connectivity index (χ2v) is 12.5. The second kappa shape index (κ2) is 8.90. The summed E-state index contributed by atoms with van der Waals surface area (Å²) in [5, 5.41) is 10.6. The molecule has 0 unspecified atom stereocenters. The molecule has 0 N–H and O–H groups in total. The zero-order valence-corrected chi connectivity index (χ0v) is 24.4. The molecule has 0 saturated heterocycles. The molecule has 1 aliphatic rings. The first-order chi connectivity index (χ1) is 21.1. The first-order valence-electron chi connectivity index (χ1n) is 15.2. The number of benzene rings is 8. The third-order valence-electron chi connectivity index (χ3n) is 9.82. The molecular formula is C43H30. The highest BCUT2D eigenvalue weighted by Gasteiger charge is 2.38. The Morgan fingerprint density at radius 1 is 0.326 bits per heavy atom. The summed E-state index contributed by atoms with van der Waals surface area (Å²) in [4.78, 5) is 0. The van der Waals surface area contributed by atoms with Gasteiger partial charge in [-0.2, -0.15) is 0 Å². The summed E-state index contributed by atoms with van der Waals surface area (Å²) in [6.07, 6.45) is 0. The van der Waals surface area contributed by atoms with Crippen LogP contribution < -0.4 is 0 Å². The van der Waals surface area contributed by atoms with Gasteiger partial charge in [-0.25, -0.2) is 0 Å². The largest absolute Gasteiger partial charge is 0.0622 e. The molecule has 0 radical (unpaired) electrons. The van der Waals surface area contributed by atoms with Crippen molar-refractivity contribution in [3.05, 3.63) is 157 Å². The smallest absolute Gasteiger partial charge is 0.0159 e. The topological polar surface area (TPSA) is 0 Å². The second-order valence-electron chi connectivity index (χ2n) is 12.5. The van der Waals surface area contributed by atoms with Gasteiger partial charge in [0.05, 0.1) is 0 Å². The Morgan fingerprint density at radius 3 is 1.51 bits per heavy atom. The molecule has 0 nitrogen and oxygen atoms in total. The van der Waals surface area contributed by atoms with Crippen molar-refractivity contribution in [1.82, 2.24) is 0 Å². The lowest BCUT2D eigenvalue weighted by atomic mass is 9.79. The predicted octanol–water partition coefficient (Wildman–Crippen LogP) is 11.9. The molecule has 0 aliphatic heterocycles. The summed E-state index contributed by atoms with van der Waals surface area (Å²) in [5.41, 5.74) is 10.5. The van der Waals surface area contributed by atoms with Gasteiger partial charge >= 0.3 is 0 Å². The summed E-state index contributed by atoms with van der Waals surface area (Å²) in [7, 11) is 0. The van der Waals surface area contributed by atoms with Crippen LogP contribution in [-0.2, 0) is 5.41 Å². The monoisotopic (exact) mass is 546 g/mol.